The van der Waals surface area contributed by atoms with Gasteiger partial charge in [0, 0.05) is 11.4 Å². The molecule has 0 aromatic carbocycles. The van der Waals surface area contributed by atoms with Crippen molar-refractivity contribution < 1.29 is 4.79 Å². The van der Waals surface area contributed by atoms with Gasteiger partial charge in [-0.15, -0.1) is 11.3 Å². The zero-order chi connectivity index (χ0) is 16.8. The maximum Gasteiger partial charge on any atom is 0.239 e. The third kappa shape index (κ3) is 5.14. The SMILES string of the molecule is CCc1cc2c(NCC(=O)NCCCN(C)C)nc(C)nc2s1. The minimum Gasteiger partial charge on any atom is -0.360 e. The number of nitrogens with one attached hydrogen (secondary N) is 2. The van der Waals surface area contributed by atoms with Crippen molar-refractivity contribution in [1.82, 2.24) is 20.2 Å². The van der Waals surface area contributed by atoms with Crippen LogP contribution in [0.15, 0.2) is 6.07 Å². The van der Waals surface area contributed by atoms with Crippen molar-refractivity contribution in [2.75, 3.05) is 39.0 Å². The number of hydrogen-bond acceptors (Lipinski definition) is 6. The molecule has 2 N–H and O–H groups in total. The Balaban J connectivity index is 1.93. The number of aryl methyl sites for hydroxylation is 2. The van der Waals surface area contributed by atoms with E-state index in [9.17, 15) is 4.79 Å². The van der Waals surface area contributed by atoms with Gasteiger partial charge in [-0.3, -0.25) is 4.79 Å². The van der Waals surface area contributed by atoms with Crippen LogP contribution >= 0.6 is 11.3 Å². The van der Waals surface area contributed by atoms with Crippen LogP contribution in [0, 0.1) is 6.92 Å². The van der Waals surface area contributed by atoms with Gasteiger partial charge < -0.3 is 15.5 Å². The smallest absolute Gasteiger partial charge is 0.239 e. The quantitative estimate of drug-likeness (QED) is 0.723. The lowest BCUT2D eigenvalue weighted by molar-refractivity contribution is -0.119. The van der Waals surface area contributed by atoms with Crippen LogP contribution in [0.4, 0.5) is 5.82 Å². The summed E-state index contributed by atoms with van der Waals surface area (Å²) in [6.07, 6.45) is 1.92. The average molecular weight is 335 g/mol. The summed E-state index contributed by atoms with van der Waals surface area (Å²) in [6.45, 7) is 5.88. The molecule has 2 aromatic rings. The van der Waals surface area contributed by atoms with E-state index in [-0.39, 0.29) is 12.5 Å². The molecule has 0 unspecified atom stereocenters. The summed E-state index contributed by atoms with van der Waals surface area (Å²) in [7, 11) is 4.05. The first kappa shape index (κ1) is 17.6. The Labute approximate surface area is 141 Å². The van der Waals surface area contributed by atoms with E-state index in [4.69, 9.17) is 0 Å². The molecule has 126 valence electrons. The highest BCUT2D eigenvalue weighted by Crippen LogP contribution is 2.29. The summed E-state index contributed by atoms with van der Waals surface area (Å²) >= 11 is 1.68. The molecule has 0 saturated carbocycles. The Morgan fingerprint density at radius 3 is 2.83 bits per heavy atom. The number of thiophene rings is 1. The minimum atomic E-state index is -0.0147. The van der Waals surface area contributed by atoms with Crippen LogP contribution in [-0.4, -0.2) is 54.5 Å². The Morgan fingerprint density at radius 1 is 1.35 bits per heavy atom. The molecule has 0 fully saturated rings. The number of fused-ring (bicyclic) bond motifs is 1. The second-order valence-corrected chi connectivity index (χ2v) is 6.88. The number of carbonyl (C=O) groups is 1. The van der Waals surface area contributed by atoms with Crippen LogP contribution in [-0.2, 0) is 11.2 Å². The van der Waals surface area contributed by atoms with E-state index in [1.807, 2.05) is 21.0 Å². The van der Waals surface area contributed by atoms with Crippen LogP contribution in [0.1, 0.15) is 24.0 Å². The molecular formula is C16H25N5OS. The Morgan fingerprint density at radius 2 is 2.13 bits per heavy atom. The summed E-state index contributed by atoms with van der Waals surface area (Å²) in [5.74, 6) is 1.45. The maximum absolute atomic E-state index is 11.9. The third-order valence-electron chi connectivity index (χ3n) is 3.42. The van der Waals surface area contributed by atoms with E-state index in [0.717, 1.165) is 41.2 Å². The molecule has 2 aromatic heterocycles. The first-order chi connectivity index (χ1) is 11.0. The van der Waals surface area contributed by atoms with Gasteiger partial charge in [-0.05, 0) is 46.5 Å². The Kier molecular flexibility index (Phi) is 6.29. The van der Waals surface area contributed by atoms with Gasteiger partial charge in [0.15, 0.2) is 0 Å². The zero-order valence-corrected chi connectivity index (χ0v) is 15.1. The summed E-state index contributed by atoms with van der Waals surface area (Å²) in [5.41, 5.74) is 0. The van der Waals surface area contributed by atoms with Crippen molar-refractivity contribution in [3.63, 3.8) is 0 Å². The second kappa shape index (κ2) is 8.21. The van der Waals surface area contributed by atoms with E-state index in [1.54, 1.807) is 11.3 Å². The summed E-state index contributed by atoms with van der Waals surface area (Å²) in [6, 6.07) is 2.11. The number of nitrogens with zero attached hydrogens (tertiary/aromatic N) is 3. The number of amides is 1. The lowest BCUT2D eigenvalue weighted by Gasteiger charge is -2.11. The lowest BCUT2D eigenvalue weighted by atomic mass is 10.3. The van der Waals surface area contributed by atoms with Gasteiger partial charge in [0.1, 0.15) is 16.5 Å². The van der Waals surface area contributed by atoms with Crippen LogP contribution < -0.4 is 10.6 Å². The highest BCUT2D eigenvalue weighted by atomic mass is 32.1. The van der Waals surface area contributed by atoms with E-state index >= 15 is 0 Å². The van der Waals surface area contributed by atoms with Crippen molar-refractivity contribution in [2.24, 2.45) is 0 Å². The Bertz CT molecular complexity index is 668. The molecule has 0 radical (unpaired) electrons. The summed E-state index contributed by atoms with van der Waals surface area (Å²) < 4.78 is 0. The Hall–Kier alpha value is -1.73. The molecule has 23 heavy (non-hydrogen) atoms. The van der Waals surface area contributed by atoms with Gasteiger partial charge in [-0.25, -0.2) is 9.97 Å². The average Bonchev–Trinajstić information content (AvgIpc) is 2.92. The highest BCUT2D eigenvalue weighted by Gasteiger charge is 2.10. The van der Waals surface area contributed by atoms with Crippen LogP contribution in [0.25, 0.3) is 10.2 Å². The zero-order valence-electron chi connectivity index (χ0n) is 14.3. The van der Waals surface area contributed by atoms with Gasteiger partial charge in [0.25, 0.3) is 0 Å². The van der Waals surface area contributed by atoms with Crippen molar-refractivity contribution in [3.8, 4) is 0 Å². The molecule has 2 heterocycles. The molecule has 7 heteroatoms. The molecule has 0 bridgehead atoms. The summed E-state index contributed by atoms with van der Waals surface area (Å²) in [4.78, 5) is 25.2. The van der Waals surface area contributed by atoms with Gasteiger partial charge >= 0.3 is 0 Å². The molecule has 1 amide bonds. The molecule has 0 atom stereocenters. The topological polar surface area (TPSA) is 70.2 Å². The largest absolute Gasteiger partial charge is 0.360 e. The normalized spacial score (nSPS) is 11.2. The standard InChI is InChI=1S/C16H25N5OS/c1-5-12-9-13-15(19-11(2)20-16(13)23-12)18-10-14(22)17-7-6-8-21(3)4/h9H,5-8,10H2,1-4H3,(H,17,22)(H,18,19,20). The maximum atomic E-state index is 11.9. The molecule has 6 nitrogen and oxygen atoms in total. The van der Waals surface area contributed by atoms with Crippen LogP contribution in [0.2, 0.25) is 0 Å². The molecule has 0 spiro atoms. The van der Waals surface area contributed by atoms with Crippen LogP contribution in [0.5, 0.6) is 0 Å². The van der Waals surface area contributed by atoms with E-state index in [2.05, 4.69) is 38.5 Å². The highest BCUT2D eigenvalue weighted by molar-refractivity contribution is 7.18. The summed E-state index contributed by atoms with van der Waals surface area (Å²) in [5, 5.41) is 7.06. The minimum absolute atomic E-state index is 0.0147. The number of anilines is 1. The second-order valence-electron chi connectivity index (χ2n) is 5.76. The molecule has 0 aliphatic rings. The third-order valence-corrected chi connectivity index (χ3v) is 4.60. The number of hydrogen-bond donors (Lipinski definition) is 2. The number of carbonyl (C=O) groups excluding carboxylic acids is 1. The molecular weight excluding hydrogens is 310 g/mol. The van der Waals surface area contributed by atoms with Gasteiger partial charge in [0.05, 0.1) is 11.9 Å². The first-order valence-electron chi connectivity index (χ1n) is 7.92. The predicted octanol–water partition coefficient (Wildman–Crippen LogP) is 2.04. The predicted molar refractivity (Wildman–Crippen MR) is 96.2 cm³/mol. The monoisotopic (exact) mass is 335 g/mol. The van der Waals surface area contributed by atoms with Crippen molar-refractivity contribution >= 4 is 33.3 Å². The fourth-order valence-electron chi connectivity index (χ4n) is 2.24. The fourth-order valence-corrected chi connectivity index (χ4v) is 3.25. The molecule has 2 rings (SSSR count). The van der Waals surface area contributed by atoms with Gasteiger partial charge in [-0.1, -0.05) is 6.92 Å². The van der Waals surface area contributed by atoms with E-state index in [0.29, 0.717) is 6.54 Å². The van der Waals surface area contributed by atoms with Crippen molar-refractivity contribution in [2.45, 2.75) is 26.7 Å². The van der Waals surface area contributed by atoms with Gasteiger partial charge in [-0.2, -0.15) is 0 Å². The molecule has 0 saturated heterocycles. The molecule has 0 aliphatic heterocycles. The lowest BCUT2D eigenvalue weighted by Crippen LogP contribution is -2.32. The van der Waals surface area contributed by atoms with Gasteiger partial charge in [0.2, 0.25) is 5.91 Å². The van der Waals surface area contributed by atoms with E-state index in [1.165, 1.54) is 4.88 Å². The number of aromatic nitrogens is 2. The fraction of sp³-hybridized carbons (Fsp3) is 0.562. The van der Waals surface area contributed by atoms with Crippen molar-refractivity contribution in [1.29, 1.82) is 0 Å². The first-order valence-corrected chi connectivity index (χ1v) is 8.73. The van der Waals surface area contributed by atoms with Crippen LogP contribution in [0.3, 0.4) is 0 Å². The molecule has 0 aliphatic carbocycles. The van der Waals surface area contributed by atoms with E-state index < -0.39 is 0 Å². The number of rotatable bonds is 8. The van der Waals surface area contributed by atoms with Crippen molar-refractivity contribution in [3.05, 3.63) is 16.8 Å².